The zero-order valence-electron chi connectivity index (χ0n) is 18.1. The van der Waals surface area contributed by atoms with Gasteiger partial charge in [-0.15, -0.1) is 0 Å². The van der Waals surface area contributed by atoms with Crippen molar-refractivity contribution in [2.45, 2.75) is 13.5 Å². The molecule has 7 nitrogen and oxygen atoms in total. The molecule has 1 amide bonds. The topological polar surface area (TPSA) is 71.7 Å². The van der Waals surface area contributed by atoms with Crippen molar-refractivity contribution in [3.8, 4) is 17.1 Å². The molecule has 0 aliphatic carbocycles. The average Bonchev–Trinajstić information content (AvgIpc) is 3.28. The van der Waals surface area contributed by atoms with Gasteiger partial charge in [-0.25, -0.2) is 0 Å². The van der Waals surface area contributed by atoms with Crippen molar-refractivity contribution in [3.05, 3.63) is 70.6 Å². The van der Waals surface area contributed by atoms with Gasteiger partial charge in [-0.3, -0.25) is 9.69 Å². The first kappa shape index (κ1) is 22.0. The van der Waals surface area contributed by atoms with Crippen LogP contribution in [0.25, 0.3) is 17.5 Å². The van der Waals surface area contributed by atoms with Gasteiger partial charge in [0, 0.05) is 42.8 Å². The van der Waals surface area contributed by atoms with Gasteiger partial charge in [-0.2, -0.15) is 4.98 Å². The molecule has 1 aromatic heterocycles. The molecule has 8 heteroatoms. The Morgan fingerprint density at radius 1 is 1.16 bits per heavy atom. The molecule has 2 aromatic carbocycles. The third-order valence-electron chi connectivity index (χ3n) is 5.47. The van der Waals surface area contributed by atoms with Gasteiger partial charge in [-0.05, 0) is 54.5 Å². The van der Waals surface area contributed by atoms with Crippen LogP contribution in [0.15, 0.2) is 53.1 Å². The van der Waals surface area contributed by atoms with E-state index in [0.717, 1.165) is 35.5 Å². The Morgan fingerprint density at radius 2 is 1.91 bits per heavy atom. The van der Waals surface area contributed by atoms with Crippen molar-refractivity contribution in [2.24, 2.45) is 0 Å². The Bertz CT molecular complexity index is 1100. The van der Waals surface area contributed by atoms with E-state index in [1.54, 1.807) is 19.3 Å². The highest BCUT2D eigenvalue weighted by Crippen LogP contribution is 2.21. The number of aryl methyl sites for hydroxylation is 1. The molecule has 0 saturated carbocycles. The summed E-state index contributed by atoms with van der Waals surface area (Å²) in [7, 11) is 1.63. The minimum Gasteiger partial charge on any atom is -0.497 e. The molecule has 1 saturated heterocycles. The number of aromatic nitrogens is 2. The standard InChI is InChI=1S/C24H25ClN4O3/c1-17-3-4-18(15-21(17)25)5-10-23(30)29-13-11-28(12-14-29)16-22-26-24(27-32-22)19-6-8-20(31-2)9-7-19/h3-10,15H,11-14,16H2,1-2H3. The van der Waals surface area contributed by atoms with Crippen molar-refractivity contribution < 1.29 is 14.1 Å². The Morgan fingerprint density at radius 3 is 2.59 bits per heavy atom. The van der Waals surface area contributed by atoms with Gasteiger partial charge in [-0.1, -0.05) is 28.9 Å². The molecule has 4 rings (SSSR count). The molecule has 0 radical (unpaired) electrons. The summed E-state index contributed by atoms with van der Waals surface area (Å²) in [6, 6.07) is 13.3. The second-order valence-electron chi connectivity index (χ2n) is 7.68. The zero-order chi connectivity index (χ0) is 22.5. The summed E-state index contributed by atoms with van der Waals surface area (Å²) in [6.45, 7) is 5.30. The highest BCUT2D eigenvalue weighted by molar-refractivity contribution is 6.31. The molecule has 1 aliphatic heterocycles. The van der Waals surface area contributed by atoms with Crippen molar-refractivity contribution in [1.82, 2.24) is 19.9 Å². The average molecular weight is 453 g/mol. The van der Waals surface area contributed by atoms with Crippen LogP contribution in [0.3, 0.4) is 0 Å². The van der Waals surface area contributed by atoms with Crippen LogP contribution >= 0.6 is 11.6 Å². The summed E-state index contributed by atoms with van der Waals surface area (Å²) in [4.78, 5) is 21.1. The maximum atomic E-state index is 12.5. The highest BCUT2D eigenvalue weighted by Gasteiger charge is 2.21. The largest absolute Gasteiger partial charge is 0.497 e. The minimum atomic E-state index is 0.000861. The molecule has 2 heterocycles. The van der Waals surface area contributed by atoms with Crippen LogP contribution in [0.1, 0.15) is 17.0 Å². The van der Waals surface area contributed by atoms with Crippen molar-refractivity contribution in [3.63, 3.8) is 0 Å². The highest BCUT2D eigenvalue weighted by atomic mass is 35.5. The maximum absolute atomic E-state index is 12.5. The number of benzene rings is 2. The van der Waals surface area contributed by atoms with E-state index in [9.17, 15) is 4.79 Å². The quantitative estimate of drug-likeness (QED) is 0.525. The third kappa shape index (κ3) is 5.36. The van der Waals surface area contributed by atoms with Crippen molar-refractivity contribution in [1.29, 1.82) is 0 Å². The van der Waals surface area contributed by atoms with Crippen LogP contribution in [0.4, 0.5) is 0 Å². The predicted octanol–water partition coefficient (Wildman–Crippen LogP) is 4.06. The van der Waals surface area contributed by atoms with Crippen LogP contribution in [-0.2, 0) is 11.3 Å². The number of hydrogen-bond donors (Lipinski definition) is 0. The molecule has 3 aromatic rings. The Labute approximate surface area is 192 Å². The summed E-state index contributed by atoms with van der Waals surface area (Å²) in [5, 5.41) is 4.78. The second kappa shape index (κ2) is 9.97. The Kier molecular flexibility index (Phi) is 6.87. The molecule has 1 fully saturated rings. The number of hydrogen-bond acceptors (Lipinski definition) is 6. The van der Waals surface area contributed by atoms with Crippen LogP contribution in [0.5, 0.6) is 5.75 Å². The summed E-state index contributed by atoms with van der Waals surface area (Å²) >= 11 is 6.15. The summed E-state index contributed by atoms with van der Waals surface area (Å²) in [6.07, 6.45) is 3.41. The fraction of sp³-hybridized carbons (Fsp3) is 0.292. The number of carbonyl (C=O) groups is 1. The third-order valence-corrected chi connectivity index (χ3v) is 5.88. The van der Waals surface area contributed by atoms with Gasteiger partial charge in [0.25, 0.3) is 0 Å². The van der Waals surface area contributed by atoms with E-state index in [0.29, 0.717) is 36.4 Å². The normalized spacial score (nSPS) is 14.8. The number of ether oxygens (including phenoxy) is 1. The summed E-state index contributed by atoms with van der Waals surface area (Å²) in [5.74, 6) is 1.90. The van der Waals surface area contributed by atoms with E-state index in [1.165, 1.54) is 0 Å². The number of amides is 1. The molecule has 1 aliphatic rings. The molecular weight excluding hydrogens is 428 g/mol. The van der Waals surface area contributed by atoms with E-state index in [2.05, 4.69) is 15.0 Å². The molecule has 166 valence electrons. The zero-order valence-corrected chi connectivity index (χ0v) is 18.9. The van der Waals surface area contributed by atoms with Crippen molar-refractivity contribution in [2.75, 3.05) is 33.3 Å². The lowest BCUT2D eigenvalue weighted by molar-refractivity contribution is -0.127. The van der Waals surface area contributed by atoms with Crippen LogP contribution < -0.4 is 4.74 Å². The molecule has 0 spiro atoms. The van der Waals surface area contributed by atoms with Gasteiger partial charge >= 0.3 is 0 Å². The van der Waals surface area contributed by atoms with Crippen molar-refractivity contribution >= 4 is 23.6 Å². The number of rotatable bonds is 6. The Hall–Kier alpha value is -3.16. The molecule has 0 N–H and O–H groups in total. The predicted molar refractivity (Wildman–Crippen MR) is 123 cm³/mol. The van der Waals surface area contributed by atoms with Crippen LogP contribution in [0, 0.1) is 6.92 Å². The molecular formula is C24H25ClN4O3. The van der Waals surface area contributed by atoms with Gasteiger partial charge < -0.3 is 14.2 Å². The SMILES string of the molecule is COc1ccc(-c2noc(CN3CCN(C(=O)C=Cc4ccc(C)c(Cl)c4)CC3)n2)cc1. The van der Waals surface area contributed by atoms with Gasteiger partial charge in [0.15, 0.2) is 0 Å². The second-order valence-corrected chi connectivity index (χ2v) is 8.09. The number of nitrogens with zero attached hydrogens (tertiary/aromatic N) is 4. The Balaban J connectivity index is 1.28. The fourth-order valence-electron chi connectivity index (χ4n) is 3.48. The van der Waals surface area contributed by atoms with E-state index >= 15 is 0 Å². The van der Waals surface area contributed by atoms with Crippen LogP contribution in [-0.4, -0.2) is 59.1 Å². The van der Waals surface area contributed by atoms with Crippen LogP contribution in [0.2, 0.25) is 5.02 Å². The minimum absolute atomic E-state index is 0.000861. The molecule has 32 heavy (non-hydrogen) atoms. The monoisotopic (exact) mass is 452 g/mol. The summed E-state index contributed by atoms with van der Waals surface area (Å²) in [5.41, 5.74) is 2.80. The lowest BCUT2D eigenvalue weighted by atomic mass is 10.1. The maximum Gasteiger partial charge on any atom is 0.246 e. The summed E-state index contributed by atoms with van der Waals surface area (Å²) < 4.78 is 10.6. The molecule has 0 bridgehead atoms. The lowest BCUT2D eigenvalue weighted by Gasteiger charge is -2.33. The first-order valence-corrected chi connectivity index (χ1v) is 10.8. The number of methoxy groups -OCH3 is 1. The molecule has 0 unspecified atom stereocenters. The first-order chi connectivity index (χ1) is 15.5. The van der Waals surface area contributed by atoms with Gasteiger partial charge in [0.05, 0.1) is 13.7 Å². The number of carbonyl (C=O) groups excluding carboxylic acids is 1. The fourth-order valence-corrected chi connectivity index (χ4v) is 3.67. The first-order valence-electron chi connectivity index (χ1n) is 10.4. The smallest absolute Gasteiger partial charge is 0.246 e. The number of halogens is 1. The van der Waals surface area contributed by atoms with E-state index < -0.39 is 0 Å². The van der Waals surface area contributed by atoms with Gasteiger partial charge in [0.1, 0.15) is 5.75 Å². The van der Waals surface area contributed by atoms with E-state index in [-0.39, 0.29) is 5.91 Å². The van der Waals surface area contributed by atoms with E-state index in [1.807, 2.05) is 54.3 Å². The lowest BCUT2D eigenvalue weighted by Crippen LogP contribution is -2.47. The van der Waals surface area contributed by atoms with E-state index in [4.69, 9.17) is 20.9 Å². The van der Waals surface area contributed by atoms with Gasteiger partial charge in [0.2, 0.25) is 17.6 Å². The molecule has 0 atom stereocenters. The number of piperazine rings is 1.